The summed E-state index contributed by atoms with van der Waals surface area (Å²) in [6.45, 7) is 1.75. The van der Waals surface area contributed by atoms with Gasteiger partial charge in [-0.1, -0.05) is 30.4 Å². The van der Waals surface area contributed by atoms with E-state index in [9.17, 15) is 0 Å². The molecule has 0 saturated heterocycles. The second kappa shape index (κ2) is 5.67. The lowest BCUT2D eigenvalue weighted by molar-refractivity contribution is 0.350. The minimum absolute atomic E-state index is 0.193. The van der Waals surface area contributed by atoms with Crippen molar-refractivity contribution in [3.8, 4) is 23.3 Å². The maximum absolute atomic E-state index is 8.63. The van der Waals surface area contributed by atoms with Crippen LogP contribution < -0.4 is 0 Å². The van der Waals surface area contributed by atoms with Crippen LogP contribution in [-0.2, 0) is 6.42 Å². The molecule has 0 bridgehead atoms. The minimum Gasteiger partial charge on any atom is -0.421 e. The molecule has 2 rings (SSSR count). The summed E-state index contributed by atoms with van der Waals surface area (Å²) >= 11 is 6.08. The molecule has 0 atom stereocenters. The van der Waals surface area contributed by atoms with Gasteiger partial charge < -0.3 is 9.52 Å². The molecule has 0 fully saturated rings. The van der Waals surface area contributed by atoms with Crippen LogP contribution in [0.2, 0.25) is 5.02 Å². The summed E-state index contributed by atoms with van der Waals surface area (Å²) in [5, 5.41) is 17.0. The molecule has 0 unspecified atom stereocenters. The smallest absolute Gasteiger partial charge is 0.247 e. The third kappa shape index (κ3) is 2.70. The van der Waals surface area contributed by atoms with Gasteiger partial charge in [0.15, 0.2) is 0 Å². The van der Waals surface area contributed by atoms with Crippen LogP contribution in [0.5, 0.6) is 0 Å². The quantitative estimate of drug-likeness (QED) is 0.844. The van der Waals surface area contributed by atoms with E-state index in [4.69, 9.17) is 21.1 Å². The van der Waals surface area contributed by atoms with Crippen molar-refractivity contribution in [2.75, 3.05) is 6.61 Å². The molecule has 2 aromatic rings. The molecule has 4 nitrogen and oxygen atoms in total. The van der Waals surface area contributed by atoms with Crippen molar-refractivity contribution >= 4 is 11.6 Å². The van der Waals surface area contributed by atoms with E-state index >= 15 is 0 Å². The van der Waals surface area contributed by atoms with Gasteiger partial charge in [-0.15, -0.1) is 10.2 Å². The lowest BCUT2D eigenvalue weighted by atomic mass is 10.1. The Morgan fingerprint density at radius 2 is 2.22 bits per heavy atom. The molecule has 0 spiro atoms. The van der Waals surface area contributed by atoms with E-state index in [0.29, 0.717) is 28.8 Å². The Morgan fingerprint density at radius 1 is 1.39 bits per heavy atom. The van der Waals surface area contributed by atoms with Crippen molar-refractivity contribution in [3.05, 3.63) is 34.7 Å². The van der Waals surface area contributed by atoms with Gasteiger partial charge in [0, 0.05) is 17.5 Å². The van der Waals surface area contributed by atoms with Crippen LogP contribution in [-0.4, -0.2) is 21.9 Å². The van der Waals surface area contributed by atoms with Crippen molar-refractivity contribution in [3.63, 3.8) is 0 Å². The van der Waals surface area contributed by atoms with Crippen LogP contribution in [0.4, 0.5) is 0 Å². The average molecular weight is 263 g/mol. The van der Waals surface area contributed by atoms with E-state index in [1.165, 1.54) is 0 Å². The molecule has 92 valence electrons. The summed E-state index contributed by atoms with van der Waals surface area (Å²) in [4.78, 5) is 0. The Kier molecular flexibility index (Phi) is 3.98. The Morgan fingerprint density at radius 3 is 2.83 bits per heavy atom. The summed E-state index contributed by atoms with van der Waals surface area (Å²) in [7, 11) is 0. The molecule has 0 aliphatic carbocycles. The predicted octanol–water partition coefficient (Wildman–Crippen LogP) is 2.30. The fourth-order valence-corrected chi connectivity index (χ4v) is 1.63. The fraction of sp³-hybridized carbons (Fsp3) is 0.231. The lowest BCUT2D eigenvalue weighted by Gasteiger charge is -1.98. The Labute approximate surface area is 110 Å². The monoisotopic (exact) mass is 262 g/mol. The van der Waals surface area contributed by atoms with Gasteiger partial charge >= 0.3 is 0 Å². The van der Waals surface area contributed by atoms with E-state index in [-0.39, 0.29) is 6.61 Å². The molecule has 18 heavy (non-hydrogen) atoms. The van der Waals surface area contributed by atoms with Gasteiger partial charge in [-0.3, -0.25) is 0 Å². The van der Waals surface area contributed by atoms with Gasteiger partial charge in [0.25, 0.3) is 0 Å². The molecular weight excluding hydrogens is 252 g/mol. The molecular formula is C13H11ClN2O2. The third-order valence-corrected chi connectivity index (χ3v) is 2.60. The second-order valence-electron chi connectivity index (χ2n) is 3.51. The van der Waals surface area contributed by atoms with Crippen molar-refractivity contribution < 1.29 is 9.52 Å². The number of hydrogen-bond acceptors (Lipinski definition) is 4. The number of aryl methyl sites for hydroxylation is 1. The highest BCUT2D eigenvalue weighted by Crippen LogP contribution is 2.24. The predicted molar refractivity (Wildman–Crippen MR) is 68.1 cm³/mol. The largest absolute Gasteiger partial charge is 0.421 e. The van der Waals surface area contributed by atoms with E-state index in [2.05, 4.69) is 22.0 Å². The standard InChI is InChI=1S/C13H11ClN2O2/c1-2-12-15-16-13(18-12)10-6-5-9(4-3-7-17)11(14)8-10/h5-6,8,17H,2,7H2,1H3. The zero-order valence-electron chi connectivity index (χ0n) is 9.77. The Bertz CT molecular complexity index is 611. The highest BCUT2D eigenvalue weighted by molar-refractivity contribution is 6.32. The number of hydrogen-bond donors (Lipinski definition) is 1. The van der Waals surface area contributed by atoms with Crippen molar-refractivity contribution in [1.29, 1.82) is 0 Å². The third-order valence-electron chi connectivity index (χ3n) is 2.29. The van der Waals surface area contributed by atoms with Crippen LogP contribution in [0.25, 0.3) is 11.5 Å². The summed E-state index contributed by atoms with van der Waals surface area (Å²) in [5.41, 5.74) is 1.41. The van der Waals surface area contributed by atoms with E-state index in [1.54, 1.807) is 18.2 Å². The molecule has 0 aliphatic heterocycles. The number of aromatic nitrogens is 2. The molecule has 5 heteroatoms. The molecule has 0 saturated carbocycles. The summed E-state index contributed by atoms with van der Waals surface area (Å²) in [6, 6.07) is 5.28. The lowest BCUT2D eigenvalue weighted by Crippen LogP contribution is -1.83. The van der Waals surface area contributed by atoms with Crippen molar-refractivity contribution in [2.45, 2.75) is 13.3 Å². The Hall–Kier alpha value is -1.83. The summed E-state index contributed by atoms with van der Waals surface area (Å²) in [6.07, 6.45) is 0.695. The number of benzene rings is 1. The number of rotatable bonds is 2. The average Bonchev–Trinajstić information content (AvgIpc) is 2.86. The molecule has 0 amide bonds. The van der Waals surface area contributed by atoms with E-state index < -0.39 is 0 Å². The van der Waals surface area contributed by atoms with Gasteiger partial charge in [0.05, 0.1) is 5.02 Å². The fourth-order valence-electron chi connectivity index (χ4n) is 1.40. The van der Waals surface area contributed by atoms with Gasteiger partial charge in [0.2, 0.25) is 11.8 Å². The highest BCUT2D eigenvalue weighted by atomic mass is 35.5. The highest BCUT2D eigenvalue weighted by Gasteiger charge is 2.08. The Balaban J connectivity index is 2.33. The molecule has 1 N–H and O–H groups in total. The topological polar surface area (TPSA) is 59.2 Å². The first-order valence-corrected chi connectivity index (χ1v) is 5.84. The molecule has 1 aromatic carbocycles. The van der Waals surface area contributed by atoms with E-state index in [1.807, 2.05) is 6.92 Å². The zero-order valence-corrected chi connectivity index (χ0v) is 10.5. The van der Waals surface area contributed by atoms with Gasteiger partial charge in [-0.25, -0.2) is 0 Å². The number of nitrogens with zero attached hydrogens (tertiary/aromatic N) is 2. The molecule has 1 aromatic heterocycles. The van der Waals surface area contributed by atoms with Crippen LogP contribution >= 0.6 is 11.6 Å². The molecule has 0 radical (unpaired) electrons. The van der Waals surface area contributed by atoms with E-state index in [0.717, 1.165) is 5.56 Å². The second-order valence-corrected chi connectivity index (χ2v) is 3.92. The van der Waals surface area contributed by atoms with Crippen molar-refractivity contribution in [2.24, 2.45) is 0 Å². The molecule has 1 heterocycles. The number of aliphatic hydroxyl groups excluding tert-OH is 1. The number of aliphatic hydroxyl groups is 1. The first-order valence-electron chi connectivity index (χ1n) is 5.46. The normalized spacial score (nSPS) is 9.94. The maximum atomic E-state index is 8.63. The van der Waals surface area contributed by atoms with Gasteiger partial charge in [-0.05, 0) is 18.2 Å². The first kappa shape index (κ1) is 12.6. The van der Waals surface area contributed by atoms with Gasteiger partial charge in [-0.2, -0.15) is 0 Å². The SMILES string of the molecule is CCc1nnc(-c2ccc(C#CCO)c(Cl)c2)o1. The van der Waals surface area contributed by atoms with Crippen LogP contribution in [0.3, 0.4) is 0 Å². The zero-order chi connectivity index (χ0) is 13.0. The van der Waals surface area contributed by atoms with Crippen LogP contribution in [0.15, 0.2) is 22.6 Å². The molecule has 0 aliphatic rings. The summed E-state index contributed by atoms with van der Waals surface area (Å²) in [5.74, 6) is 6.34. The number of halogens is 1. The summed E-state index contributed by atoms with van der Waals surface area (Å²) < 4.78 is 5.44. The minimum atomic E-state index is -0.193. The first-order chi connectivity index (χ1) is 8.74. The maximum Gasteiger partial charge on any atom is 0.247 e. The van der Waals surface area contributed by atoms with Crippen LogP contribution in [0.1, 0.15) is 18.4 Å². The van der Waals surface area contributed by atoms with Crippen LogP contribution in [0, 0.1) is 11.8 Å². The van der Waals surface area contributed by atoms with Crippen molar-refractivity contribution in [1.82, 2.24) is 10.2 Å². The van der Waals surface area contributed by atoms with Gasteiger partial charge in [0.1, 0.15) is 6.61 Å².